The van der Waals surface area contributed by atoms with Crippen LogP contribution in [0.3, 0.4) is 0 Å². The fourth-order valence-electron chi connectivity index (χ4n) is 4.67. The molecular formula is C36H28O8. The maximum absolute atomic E-state index is 9.97. The molecule has 0 radical (unpaired) electrons. The summed E-state index contributed by atoms with van der Waals surface area (Å²) in [7, 11) is 0. The number of rotatable bonds is 4. The van der Waals surface area contributed by atoms with Gasteiger partial charge in [0.15, 0.2) is 46.0 Å². The van der Waals surface area contributed by atoms with Crippen LogP contribution >= 0.6 is 0 Å². The summed E-state index contributed by atoms with van der Waals surface area (Å²) in [5, 5.41) is 77.1. The van der Waals surface area contributed by atoms with Crippen molar-refractivity contribution in [3.05, 3.63) is 121 Å². The van der Waals surface area contributed by atoms with Gasteiger partial charge in [0.25, 0.3) is 0 Å². The summed E-state index contributed by atoms with van der Waals surface area (Å²) in [4.78, 5) is 0. The molecule has 6 rings (SSSR count). The van der Waals surface area contributed by atoms with E-state index in [2.05, 4.69) is 0 Å². The van der Waals surface area contributed by atoms with E-state index >= 15 is 0 Å². The van der Waals surface area contributed by atoms with Crippen molar-refractivity contribution in [1.29, 1.82) is 0 Å². The van der Waals surface area contributed by atoms with E-state index in [0.717, 1.165) is 22.3 Å². The van der Waals surface area contributed by atoms with E-state index in [4.69, 9.17) is 0 Å². The second kappa shape index (κ2) is 12.3. The third-order valence-electron chi connectivity index (χ3n) is 6.99. The molecule has 0 spiro atoms. The molecule has 44 heavy (non-hydrogen) atoms. The predicted octanol–water partition coefficient (Wildman–Crippen LogP) is 7.69. The van der Waals surface area contributed by atoms with Crippen molar-refractivity contribution in [3.63, 3.8) is 0 Å². The lowest BCUT2D eigenvalue weighted by Gasteiger charge is -2.10. The molecule has 0 unspecified atom stereocenters. The van der Waals surface area contributed by atoms with Crippen molar-refractivity contribution in [1.82, 2.24) is 0 Å². The molecule has 6 aromatic rings. The molecule has 8 N–H and O–H groups in total. The molecule has 0 aliphatic rings. The second-order valence-electron chi connectivity index (χ2n) is 9.92. The summed E-state index contributed by atoms with van der Waals surface area (Å²) in [6.45, 7) is 0. The minimum absolute atomic E-state index is 0.164. The first-order chi connectivity index (χ1) is 21.1. The minimum atomic E-state index is -0.195. The number of phenols is 8. The summed E-state index contributed by atoms with van der Waals surface area (Å²) < 4.78 is 0. The number of phenolic OH excluding ortho intramolecular Hbond substituents is 8. The number of aromatic hydroxyl groups is 8. The largest absolute Gasteiger partial charge is 0.504 e. The quantitative estimate of drug-likeness (QED) is 0.0972. The summed E-state index contributed by atoms with van der Waals surface area (Å²) in [5.74, 6) is -1.45. The predicted molar refractivity (Wildman–Crippen MR) is 168 cm³/mol. The molecule has 0 amide bonds. The molecule has 8 nitrogen and oxygen atoms in total. The van der Waals surface area contributed by atoms with E-state index in [9.17, 15) is 40.9 Å². The first kappa shape index (κ1) is 29.2. The van der Waals surface area contributed by atoms with Crippen molar-refractivity contribution in [3.8, 4) is 90.5 Å². The maximum atomic E-state index is 9.97. The average Bonchev–Trinajstić information content (AvgIpc) is 3.03. The highest BCUT2D eigenvalue weighted by molar-refractivity contribution is 5.80. The third kappa shape index (κ3) is 6.14. The van der Waals surface area contributed by atoms with E-state index in [1.807, 2.05) is 24.3 Å². The van der Waals surface area contributed by atoms with Gasteiger partial charge in [-0.15, -0.1) is 0 Å². The Balaban J connectivity index is 0.000000175. The molecule has 0 aliphatic carbocycles. The Bertz CT molecular complexity index is 1830. The SMILES string of the molecule is Oc1ccc(-c2cccc(-c3ccc(O)c(O)c3)c2)cc1O.Oc1cccc(-c2cccc(-c3cccc(O)c3O)c2)c1O. The summed E-state index contributed by atoms with van der Waals surface area (Å²) in [6.07, 6.45) is 0. The topological polar surface area (TPSA) is 162 Å². The molecule has 0 aliphatic heterocycles. The number of para-hydroxylation sites is 2. The fraction of sp³-hybridized carbons (Fsp3) is 0. The molecule has 0 bridgehead atoms. The molecule has 0 saturated heterocycles. The molecule has 0 heterocycles. The fourth-order valence-corrected chi connectivity index (χ4v) is 4.67. The van der Waals surface area contributed by atoms with Gasteiger partial charge in [-0.25, -0.2) is 0 Å². The van der Waals surface area contributed by atoms with Gasteiger partial charge in [0, 0.05) is 11.1 Å². The van der Waals surface area contributed by atoms with Crippen LogP contribution in [-0.2, 0) is 0 Å². The van der Waals surface area contributed by atoms with Crippen LogP contribution in [0, 0.1) is 0 Å². The normalized spacial score (nSPS) is 10.5. The van der Waals surface area contributed by atoms with Crippen LogP contribution in [0.15, 0.2) is 121 Å². The molecule has 0 aromatic heterocycles. The van der Waals surface area contributed by atoms with Crippen molar-refractivity contribution in [2.45, 2.75) is 0 Å². The lowest BCUT2D eigenvalue weighted by molar-refractivity contribution is 0.404. The number of hydrogen-bond acceptors (Lipinski definition) is 8. The van der Waals surface area contributed by atoms with E-state index in [-0.39, 0.29) is 46.0 Å². The van der Waals surface area contributed by atoms with Crippen LogP contribution in [0.2, 0.25) is 0 Å². The van der Waals surface area contributed by atoms with Crippen LogP contribution in [0.1, 0.15) is 0 Å². The summed E-state index contributed by atoms with van der Waals surface area (Å²) in [5.41, 5.74) is 5.60. The highest BCUT2D eigenvalue weighted by atomic mass is 16.3. The van der Waals surface area contributed by atoms with Gasteiger partial charge in [0.05, 0.1) is 0 Å². The van der Waals surface area contributed by atoms with Gasteiger partial charge in [-0.3, -0.25) is 0 Å². The molecule has 220 valence electrons. The van der Waals surface area contributed by atoms with Crippen molar-refractivity contribution < 1.29 is 40.9 Å². The standard InChI is InChI=1S/2C18H14O4/c19-15-8-2-6-13(17(15)21)11-4-1-5-12(10-11)14-7-3-9-16(20)18(14)22;19-15-6-4-13(9-17(15)21)11-2-1-3-12(8-11)14-5-7-16(20)18(22)10-14/h2*1-10,19-22H. The highest BCUT2D eigenvalue weighted by Crippen LogP contribution is 2.40. The van der Waals surface area contributed by atoms with Crippen LogP contribution in [0.4, 0.5) is 0 Å². The van der Waals surface area contributed by atoms with E-state index in [1.165, 1.54) is 36.4 Å². The summed E-state index contributed by atoms with van der Waals surface area (Å²) in [6, 6.07) is 33.4. The molecule has 0 atom stereocenters. The highest BCUT2D eigenvalue weighted by Gasteiger charge is 2.12. The molecule has 8 heteroatoms. The second-order valence-corrected chi connectivity index (χ2v) is 9.92. The first-order valence-corrected chi connectivity index (χ1v) is 13.4. The van der Waals surface area contributed by atoms with Gasteiger partial charge in [0.1, 0.15) is 0 Å². The number of benzene rings is 6. The minimum Gasteiger partial charge on any atom is -0.504 e. The maximum Gasteiger partial charge on any atom is 0.165 e. The zero-order valence-corrected chi connectivity index (χ0v) is 23.1. The molecule has 6 aromatic carbocycles. The number of hydrogen-bond donors (Lipinski definition) is 8. The zero-order valence-electron chi connectivity index (χ0n) is 23.1. The van der Waals surface area contributed by atoms with Crippen LogP contribution < -0.4 is 0 Å². The van der Waals surface area contributed by atoms with Crippen molar-refractivity contribution in [2.75, 3.05) is 0 Å². The monoisotopic (exact) mass is 588 g/mol. The first-order valence-electron chi connectivity index (χ1n) is 13.4. The van der Waals surface area contributed by atoms with Gasteiger partial charge in [0.2, 0.25) is 0 Å². The Kier molecular flexibility index (Phi) is 8.17. The summed E-state index contributed by atoms with van der Waals surface area (Å²) >= 11 is 0. The average molecular weight is 589 g/mol. The van der Waals surface area contributed by atoms with E-state index < -0.39 is 0 Å². The molecular weight excluding hydrogens is 560 g/mol. The van der Waals surface area contributed by atoms with Crippen molar-refractivity contribution >= 4 is 0 Å². The van der Waals surface area contributed by atoms with Crippen molar-refractivity contribution in [2.24, 2.45) is 0 Å². The zero-order chi connectivity index (χ0) is 31.4. The van der Waals surface area contributed by atoms with Gasteiger partial charge in [-0.05, 0) is 81.9 Å². The molecule has 0 fully saturated rings. The third-order valence-corrected chi connectivity index (χ3v) is 6.99. The lowest BCUT2D eigenvalue weighted by Crippen LogP contribution is -1.83. The Morgan fingerprint density at radius 2 is 0.591 bits per heavy atom. The Morgan fingerprint density at radius 3 is 1.00 bits per heavy atom. The Morgan fingerprint density at radius 1 is 0.250 bits per heavy atom. The van der Waals surface area contributed by atoms with Crippen LogP contribution in [-0.4, -0.2) is 40.9 Å². The van der Waals surface area contributed by atoms with Gasteiger partial charge >= 0.3 is 0 Å². The van der Waals surface area contributed by atoms with Gasteiger partial charge in [-0.2, -0.15) is 0 Å². The lowest BCUT2D eigenvalue weighted by atomic mass is 9.97. The van der Waals surface area contributed by atoms with Gasteiger partial charge < -0.3 is 40.9 Å². The molecule has 0 saturated carbocycles. The van der Waals surface area contributed by atoms with E-state index in [0.29, 0.717) is 22.3 Å². The van der Waals surface area contributed by atoms with E-state index in [1.54, 1.807) is 60.7 Å². The van der Waals surface area contributed by atoms with Crippen LogP contribution in [0.5, 0.6) is 46.0 Å². The smallest absolute Gasteiger partial charge is 0.165 e. The Labute approximate surface area is 252 Å². The van der Waals surface area contributed by atoms with Crippen LogP contribution in [0.25, 0.3) is 44.5 Å². The Hall–Kier alpha value is -6.28. The van der Waals surface area contributed by atoms with Gasteiger partial charge in [-0.1, -0.05) is 72.8 Å².